The van der Waals surface area contributed by atoms with Crippen molar-refractivity contribution in [2.75, 3.05) is 0 Å². The largest absolute Gasteiger partial charge is 0.389 e. The van der Waals surface area contributed by atoms with Crippen LogP contribution in [0.25, 0.3) is 11.0 Å². The summed E-state index contributed by atoms with van der Waals surface area (Å²) < 4.78 is 49.1. The third kappa shape index (κ3) is 5.41. The van der Waals surface area contributed by atoms with Crippen molar-refractivity contribution in [2.45, 2.75) is 44.7 Å². The second-order valence-electron chi connectivity index (χ2n) is 6.50. The number of H-pyrrole nitrogens is 1. The number of hydrogen-bond acceptors (Lipinski definition) is 3. The zero-order valence-corrected chi connectivity index (χ0v) is 14.2. The molecule has 1 heterocycles. The zero-order chi connectivity index (χ0) is 19.6. The van der Waals surface area contributed by atoms with Crippen LogP contribution in [0.4, 0.5) is 17.6 Å². The van der Waals surface area contributed by atoms with Crippen LogP contribution in [0.15, 0.2) is 18.2 Å². The predicted octanol–water partition coefficient (Wildman–Crippen LogP) is 2.50. The summed E-state index contributed by atoms with van der Waals surface area (Å²) in [5, 5.41) is 5.05. The number of nitrogens with one attached hydrogen (secondary N) is 3. The van der Waals surface area contributed by atoms with Gasteiger partial charge in [0.05, 0.1) is 29.9 Å². The normalized spacial score (nSPS) is 19.1. The standard InChI is InChI=1S/C17H18F4N4O2/c18-11-6-10(11)16(27)23-8-14-24-12-2-1-9(5-13(12)25-14)7-22-15(26)3-4-17(19,20)21/h1-2,5,10-11H,3-4,6-8H2,(H,22,26)(H,23,27)(H,24,25). The molecule has 2 amide bonds. The first-order chi connectivity index (χ1) is 12.7. The molecule has 27 heavy (non-hydrogen) atoms. The van der Waals surface area contributed by atoms with E-state index in [4.69, 9.17) is 0 Å². The number of carbonyl (C=O) groups is 2. The predicted molar refractivity (Wildman–Crippen MR) is 88.1 cm³/mol. The fourth-order valence-corrected chi connectivity index (χ4v) is 2.58. The number of halogens is 4. The van der Waals surface area contributed by atoms with Gasteiger partial charge in [-0.25, -0.2) is 9.37 Å². The monoisotopic (exact) mass is 386 g/mol. The second-order valence-corrected chi connectivity index (χ2v) is 6.50. The van der Waals surface area contributed by atoms with Gasteiger partial charge in [-0.3, -0.25) is 9.59 Å². The number of amides is 2. The lowest BCUT2D eigenvalue weighted by Crippen LogP contribution is -2.25. The molecule has 1 saturated carbocycles. The van der Waals surface area contributed by atoms with Crippen molar-refractivity contribution in [1.82, 2.24) is 20.6 Å². The van der Waals surface area contributed by atoms with E-state index >= 15 is 0 Å². The Morgan fingerprint density at radius 2 is 1.96 bits per heavy atom. The van der Waals surface area contributed by atoms with E-state index in [0.29, 0.717) is 22.4 Å². The molecule has 2 atom stereocenters. The van der Waals surface area contributed by atoms with Gasteiger partial charge in [-0.2, -0.15) is 13.2 Å². The van der Waals surface area contributed by atoms with Crippen LogP contribution >= 0.6 is 0 Å². The molecule has 0 spiro atoms. The average molecular weight is 386 g/mol. The zero-order valence-electron chi connectivity index (χ0n) is 14.2. The highest BCUT2D eigenvalue weighted by molar-refractivity contribution is 5.82. The van der Waals surface area contributed by atoms with E-state index in [1.165, 1.54) is 0 Å². The molecule has 1 aliphatic rings. The van der Waals surface area contributed by atoms with Gasteiger partial charge < -0.3 is 15.6 Å². The number of benzene rings is 1. The maximum atomic E-state index is 12.8. The van der Waals surface area contributed by atoms with Crippen LogP contribution in [0.3, 0.4) is 0 Å². The summed E-state index contributed by atoms with van der Waals surface area (Å²) in [6.07, 6.45) is -6.93. The van der Waals surface area contributed by atoms with Crippen LogP contribution in [0, 0.1) is 5.92 Å². The third-order valence-electron chi connectivity index (χ3n) is 4.20. The van der Waals surface area contributed by atoms with E-state index < -0.39 is 37.0 Å². The average Bonchev–Trinajstić information content (AvgIpc) is 3.19. The van der Waals surface area contributed by atoms with Gasteiger partial charge in [0, 0.05) is 13.0 Å². The highest BCUT2D eigenvalue weighted by Crippen LogP contribution is 2.33. The molecule has 0 saturated heterocycles. The van der Waals surface area contributed by atoms with Crippen molar-refractivity contribution >= 4 is 22.8 Å². The Hall–Kier alpha value is -2.65. The first kappa shape index (κ1) is 19.1. The molecule has 146 valence electrons. The Morgan fingerprint density at radius 3 is 2.63 bits per heavy atom. The number of aromatic nitrogens is 2. The van der Waals surface area contributed by atoms with Gasteiger partial charge >= 0.3 is 6.18 Å². The first-order valence-electron chi connectivity index (χ1n) is 8.44. The fourth-order valence-electron chi connectivity index (χ4n) is 2.58. The van der Waals surface area contributed by atoms with Crippen LogP contribution in [0.1, 0.15) is 30.7 Å². The quantitative estimate of drug-likeness (QED) is 0.639. The molecule has 6 nitrogen and oxygen atoms in total. The SMILES string of the molecule is O=C(CCC(F)(F)F)NCc1ccc2nc(CNC(=O)C3CC3F)[nH]c2c1. The summed E-state index contributed by atoms with van der Waals surface area (Å²) in [6, 6.07) is 5.12. The number of imidazole rings is 1. The lowest BCUT2D eigenvalue weighted by molar-refractivity contribution is -0.144. The van der Waals surface area contributed by atoms with E-state index in [2.05, 4.69) is 20.6 Å². The molecule has 3 rings (SSSR count). The number of nitrogens with zero attached hydrogens (tertiary/aromatic N) is 1. The molecule has 1 fully saturated rings. The van der Waals surface area contributed by atoms with Crippen LogP contribution in [-0.4, -0.2) is 34.1 Å². The number of alkyl halides is 4. The molecular formula is C17H18F4N4O2. The molecule has 10 heteroatoms. The molecule has 1 aliphatic carbocycles. The van der Waals surface area contributed by atoms with Crippen LogP contribution in [-0.2, 0) is 22.7 Å². The van der Waals surface area contributed by atoms with Crippen molar-refractivity contribution < 1.29 is 27.2 Å². The van der Waals surface area contributed by atoms with Gasteiger partial charge in [0.1, 0.15) is 12.0 Å². The Balaban J connectivity index is 1.52. The van der Waals surface area contributed by atoms with Crippen molar-refractivity contribution in [3.05, 3.63) is 29.6 Å². The highest BCUT2D eigenvalue weighted by atomic mass is 19.4. The molecule has 0 aliphatic heterocycles. The van der Waals surface area contributed by atoms with Crippen LogP contribution in [0.2, 0.25) is 0 Å². The molecule has 2 unspecified atom stereocenters. The lowest BCUT2D eigenvalue weighted by atomic mass is 10.2. The molecule has 3 N–H and O–H groups in total. The van der Waals surface area contributed by atoms with Crippen LogP contribution < -0.4 is 10.6 Å². The number of rotatable bonds is 7. The third-order valence-corrected chi connectivity index (χ3v) is 4.20. The topological polar surface area (TPSA) is 86.9 Å². The number of carbonyl (C=O) groups excluding carboxylic acids is 2. The van der Waals surface area contributed by atoms with Crippen molar-refractivity contribution in [3.63, 3.8) is 0 Å². The van der Waals surface area contributed by atoms with Gasteiger partial charge in [0.25, 0.3) is 0 Å². The van der Waals surface area contributed by atoms with Crippen LogP contribution in [0.5, 0.6) is 0 Å². The summed E-state index contributed by atoms with van der Waals surface area (Å²) >= 11 is 0. The molecule has 0 radical (unpaired) electrons. The summed E-state index contributed by atoms with van der Waals surface area (Å²) in [4.78, 5) is 30.4. The van der Waals surface area contributed by atoms with E-state index in [0.717, 1.165) is 0 Å². The maximum absolute atomic E-state index is 12.8. The number of hydrogen-bond donors (Lipinski definition) is 3. The van der Waals surface area contributed by atoms with E-state index in [1.807, 2.05) is 0 Å². The Morgan fingerprint density at radius 1 is 1.22 bits per heavy atom. The Labute approximate surface area is 151 Å². The smallest absolute Gasteiger partial charge is 0.352 e. The maximum Gasteiger partial charge on any atom is 0.389 e. The van der Waals surface area contributed by atoms with Crippen molar-refractivity contribution in [1.29, 1.82) is 0 Å². The van der Waals surface area contributed by atoms with E-state index in [1.54, 1.807) is 18.2 Å². The molecule has 1 aromatic heterocycles. The Kier molecular flexibility index (Phi) is 5.33. The molecule has 1 aromatic carbocycles. The van der Waals surface area contributed by atoms with E-state index in [9.17, 15) is 27.2 Å². The molecular weight excluding hydrogens is 368 g/mol. The van der Waals surface area contributed by atoms with Gasteiger partial charge in [0.15, 0.2) is 0 Å². The summed E-state index contributed by atoms with van der Waals surface area (Å²) in [6.45, 7) is 0.234. The van der Waals surface area contributed by atoms with E-state index in [-0.39, 0.29) is 25.4 Å². The van der Waals surface area contributed by atoms with Gasteiger partial charge in [-0.05, 0) is 24.1 Å². The minimum absolute atomic E-state index is 0.0945. The number of fused-ring (bicyclic) bond motifs is 1. The summed E-state index contributed by atoms with van der Waals surface area (Å²) in [7, 11) is 0. The van der Waals surface area contributed by atoms with Crippen molar-refractivity contribution in [3.8, 4) is 0 Å². The second kappa shape index (κ2) is 7.53. The Bertz CT molecular complexity index is 849. The van der Waals surface area contributed by atoms with Gasteiger partial charge in [-0.1, -0.05) is 6.07 Å². The minimum atomic E-state index is -4.36. The van der Waals surface area contributed by atoms with Crippen molar-refractivity contribution in [2.24, 2.45) is 5.92 Å². The summed E-state index contributed by atoms with van der Waals surface area (Å²) in [5.74, 6) is -1.08. The first-order valence-corrected chi connectivity index (χ1v) is 8.44. The van der Waals surface area contributed by atoms with Gasteiger partial charge in [0.2, 0.25) is 11.8 Å². The molecule has 2 aromatic rings. The van der Waals surface area contributed by atoms with Gasteiger partial charge in [-0.15, -0.1) is 0 Å². The summed E-state index contributed by atoms with van der Waals surface area (Å²) in [5.41, 5.74) is 2.00. The fraction of sp³-hybridized carbons (Fsp3) is 0.471. The number of aromatic amines is 1. The highest BCUT2D eigenvalue weighted by Gasteiger charge is 2.43. The molecule has 0 bridgehead atoms. The lowest BCUT2D eigenvalue weighted by Gasteiger charge is -2.07. The minimum Gasteiger partial charge on any atom is -0.352 e.